The second-order valence-electron chi connectivity index (χ2n) is 5.78. The Morgan fingerprint density at radius 1 is 1.21 bits per heavy atom. The molecule has 0 radical (unpaired) electrons. The van der Waals surface area contributed by atoms with Crippen molar-refractivity contribution >= 4 is 17.5 Å². The molecule has 7 heteroatoms. The standard InChI is InChI=1S/C17H22N4O3/c1-11-6-8-13(9-7-11)24-10-14(22)18-15-12(2)21(5)19-16(15)17(23)20(3)4/h6-9H,10H2,1-5H3,(H,18,22). The summed E-state index contributed by atoms with van der Waals surface area (Å²) in [4.78, 5) is 25.8. The number of aryl methyl sites for hydroxylation is 2. The van der Waals surface area contributed by atoms with Gasteiger partial charge >= 0.3 is 0 Å². The summed E-state index contributed by atoms with van der Waals surface area (Å²) in [5.74, 6) is -0.00353. The Balaban J connectivity index is 2.08. The monoisotopic (exact) mass is 330 g/mol. The molecule has 0 saturated heterocycles. The van der Waals surface area contributed by atoms with Crippen LogP contribution in [0.15, 0.2) is 24.3 Å². The summed E-state index contributed by atoms with van der Waals surface area (Å²) in [6.45, 7) is 3.62. The van der Waals surface area contributed by atoms with Crippen molar-refractivity contribution in [3.63, 3.8) is 0 Å². The Morgan fingerprint density at radius 2 is 1.83 bits per heavy atom. The first-order valence-electron chi connectivity index (χ1n) is 7.54. The molecule has 0 fully saturated rings. The van der Waals surface area contributed by atoms with E-state index in [-0.39, 0.29) is 24.1 Å². The van der Waals surface area contributed by atoms with Gasteiger partial charge in [0.2, 0.25) is 0 Å². The van der Waals surface area contributed by atoms with Crippen LogP contribution in [0.1, 0.15) is 21.7 Å². The van der Waals surface area contributed by atoms with Crippen LogP contribution >= 0.6 is 0 Å². The summed E-state index contributed by atoms with van der Waals surface area (Å²) >= 11 is 0. The zero-order chi connectivity index (χ0) is 17.9. The molecule has 2 rings (SSSR count). The van der Waals surface area contributed by atoms with Crippen molar-refractivity contribution in [2.45, 2.75) is 13.8 Å². The molecule has 128 valence electrons. The molecule has 0 spiro atoms. The third kappa shape index (κ3) is 3.92. The van der Waals surface area contributed by atoms with Gasteiger partial charge in [-0.25, -0.2) is 0 Å². The van der Waals surface area contributed by atoms with Gasteiger partial charge in [-0.2, -0.15) is 5.10 Å². The lowest BCUT2D eigenvalue weighted by Crippen LogP contribution is -2.26. The molecular weight excluding hydrogens is 308 g/mol. The molecule has 1 aromatic carbocycles. The summed E-state index contributed by atoms with van der Waals surface area (Å²) in [6.07, 6.45) is 0. The second kappa shape index (κ2) is 7.16. The number of hydrogen-bond acceptors (Lipinski definition) is 4. The number of ether oxygens (including phenoxy) is 1. The van der Waals surface area contributed by atoms with Crippen molar-refractivity contribution in [1.29, 1.82) is 0 Å². The van der Waals surface area contributed by atoms with Gasteiger partial charge in [-0.1, -0.05) is 17.7 Å². The third-order valence-electron chi connectivity index (χ3n) is 3.60. The second-order valence-corrected chi connectivity index (χ2v) is 5.78. The van der Waals surface area contributed by atoms with Gasteiger partial charge in [0.15, 0.2) is 12.3 Å². The van der Waals surface area contributed by atoms with E-state index < -0.39 is 0 Å². The Hall–Kier alpha value is -2.83. The third-order valence-corrected chi connectivity index (χ3v) is 3.60. The number of amides is 2. The van der Waals surface area contributed by atoms with Crippen LogP contribution in [0.25, 0.3) is 0 Å². The number of carbonyl (C=O) groups is 2. The minimum absolute atomic E-state index is 0.146. The maximum Gasteiger partial charge on any atom is 0.276 e. The van der Waals surface area contributed by atoms with Gasteiger partial charge < -0.3 is 15.0 Å². The van der Waals surface area contributed by atoms with Crippen molar-refractivity contribution < 1.29 is 14.3 Å². The Bertz CT molecular complexity index is 748. The van der Waals surface area contributed by atoms with Crippen LogP contribution in [-0.2, 0) is 11.8 Å². The Morgan fingerprint density at radius 3 is 2.42 bits per heavy atom. The van der Waals surface area contributed by atoms with Crippen LogP contribution in [0.3, 0.4) is 0 Å². The summed E-state index contributed by atoms with van der Waals surface area (Å²) in [5.41, 5.74) is 2.44. The molecule has 1 N–H and O–H groups in total. The highest BCUT2D eigenvalue weighted by Gasteiger charge is 2.22. The van der Waals surface area contributed by atoms with Crippen molar-refractivity contribution in [2.24, 2.45) is 7.05 Å². The molecule has 7 nitrogen and oxygen atoms in total. The van der Waals surface area contributed by atoms with E-state index >= 15 is 0 Å². The first-order chi connectivity index (χ1) is 11.3. The Labute approximate surface area is 141 Å². The topological polar surface area (TPSA) is 76.5 Å². The molecular formula is C17H22N4O3. The van der Waals surface area contributed by atoms with Crippen LogP contribution in [0, 0.1) is 13.8 Å². The fourth-order valence-electron chi connectivity index (χ4n) is 2.08. The fraction of sp³-hybridized carbons (Fsp3) is 0.353. The van der Waals surface area contributed by atoms with Gasteiger partial charge in [-0.05, 0) is 26.0 Å². The van der Waals surface area contributed by atoms with Gasteiger partial charge in [0, 0.05) is 21.1 Å². The molecule has 2 amide bonds. The first-order valence-corrected chi connectivity index (χ1v) is 7.54. The highest BCUT2D eigenvalue weighted by molar-refractivity contribution is 6.03. The van der Waals surface area contributed by atoms with E-state index in [9.17, 15) is 9.59 Å². The molecule has 1 heterocycles. The van der Waals surface area contributed by atoms with Crippen LogP contribution in [0.2, 0.25) is 0 Å². The molecule has 0 unspecified atom stereocenters. The van der Waals surface area contributed by atoms with Crippen LogP contribution < -0.4 is 10.1 Å². The highest BCUT2D eigenvalue weighted by atomic mass is 16.5. The number of rotatable bonds is 5. The highest BCUT2D eigenvalue weighted by Crippen LogP contribution is 2.20. The average Bonchev–Trinajstić information content (AvgIpc) is 2.81. The predicted molar refractivity (Wildman–Crippen MR) is 91.3 cm³/mol. The van der Waals surface area contributed by atoms with Crippen LogP contribution in [0.5, 0.6) is 5.75 Å². The largest absolute Gasteiger partial charge is 0.484 e. The zero-order valence-electron chi connectivity index (χ0n) is 14.6. The number of nitrogens with zero attached hydrogens (tertiary/aromatic N) is 3. The molecule has 0 bridgehead atoms. The van der Waals surface area contributed by atoms with E-state index in [0.717, 1.165) is 5.56 Å². The van der Waals surface area contributed by atoms with E-state index in [1.54, 1.807) is 44.9 Å². The molecule has 24 heavy (non-hydrogen) atoms. The Kier molecular flexibility index (Phi) is 5.23. The molecule has 0 atom stereocenters. The van der Waals surface area contributed by atoms with E-state index in [4.69, 9.17) is 4.74 Å². The van der Waals surface area contributed by atoms with E-state index in [0.29, 0.717) is 17.1 Å². The number of anilines is 1. The average molecular weight is 330 g/mol. The van der Waals surface area contributed by atoms with Gasteiger partial charge in [0.05, 0.1) is 11.4 Å². The zero-order valence-corrected chi connectivity index (χ0v) is 14.6. The minimum Gasteiger partial charge on any atom is -0.484 e. The predicted octanol–water partition coefficient (Wildman–Crippen LogP) is 1.76. The first kappa shape index (κ1) is 17.5. The van der Waals surface area contributed by atoms with Gasteiger partial charge in [0.1, 0.15) is 5.75 Å². The summed E-state index contributed by atoms with van der Waals surface area (Å²) < 4.78 is 7.02. The van der Waals surface area contributed by atoms with Crippen LogP contribution in [0.4, 0.5) is 5.69 Å². The smallest absolute Gasteiger partial charge is 0.276 e. The maximum atomic E-state index is 12.2. The van der Waals surface area contributed by atoms with Gasteiger partial charge in [-0.3, -0.25) is 14.3 Å². The molecule has 0 saturated carbocycles. The van der Waals surface area contributed by atoms with E-state index in [1.807, 2.05) is 19.1 Å². The van der Waals surface area contributed by atoms with Crippen LogP contribution in [-0.4, -0.2) is 47.2 Å². The lowest BCUT2D eigenvalue weighted by Gasteiger charge is -2.11. The summed E-state index contributed by atoms with van der Waals surface area (Å²) in [6, 6.07) is 7.43. The number of nitrogens with one attached hydrogen (secondary N) is 1. The quantitative estimate of drug-likeness (QED) is 0.906. The summed E-state index contributed by atoms with van der Waals surface area (Å²) in [7, 11) is 5.00. The number of benzene rings is 1. The van der Waals surface area contributed by atoms with Crippen molar-refractivity contribution in [2.75, 3.05) is 26.0 Å². The molecule has 0 aliphatic heterocycles. The summed E-state index contributed by atoms with van der Waals surface area (Å²) in [5, 5.41) is 6.90. The van der Waals surface area contributed by atoms with E-state index in [2.05, 4.69) is 10.4 Å². The molecule has 2 aromatic rings. The van der Waals surface area contributed by atoms with Crippen molar-refractivity contribution in [1.82, 2.24) is 14.7 Å². The van der Waals surface area contributed by atoms with Crippen molar-refractivity contribution in [3.05, 3.63) is 41.2 Å². The maximum absolute atomic E-state index is 12.2. The lowest BCUT2D eigenvalue weighted by atomic mass is 10.2. The SMILES string of the molecule is Cc1ccc(OCC(=O)Nc2c(C(=O)N(C)C)nn(C)c2C)cc1. The fourth-order valence-corrected chi connectivity index (χ4v) is 2.08. The lowest BCUT2D eigenvalue weighted by molar-refractivity contribution is -0.118. The van der Waals surface area contributed by atoms with Gasteiger partial charge in [0.25, 0.3) is 11.8 Å². The normalized spacial score (nSPS) is 10.4. The number of hydrogen-bond donors (Lipinski definition) is 1. The molecule has 1 aromatic heterocycles. The number of carbonyl (C=O) groups excluding carboxylic acids is 2. The van der Waals surface area contributed by atoms with E-state index in [1.165, 1.54) is 4.90 Å². The molecule has 0 aliphatic carbocycles. The number of aromatic nitrogens is 2. The van der Waals surface area contributed by atoms with Crippen molar-refractivity contribution in [3.8, 4) is 5.75 Å². The molecule has 0 aliphatic rings. The minimum atomic E-state index is -0.348. The van der Waals surface area contributed by atoms with Gasteiger partial charge in [-0.15, -0.1) is 0 Å².